The molecule has 0 bridgehead atoms. The Kier molecular flexibility index (Phi) is 5.89. The average Bonchev–Trinajstić information content (AvgIpc) is 2.58. The summed E-state index contributed by atoms with van der Waals surface area (Å²) in [6, 6.07) is 8.68. The van der Waals surface area contributed by atoms with Crippen LogP contribution in [0.4, 0.5) is 11.4 Å². The standard InChI is InChI=1S/C18H21N3O3/c1-4-16(22)20-13-8-9-15(12(3)11-13)21-17(23)14-7-6-10-19-18(14)24-5-2/h6-11H,4-5H2,1-3H3,(H,20,22)(H,21,23). The van der Waals surface area contributed by atoms with Crippen molar-refractivity contribution in [2.75, 3.05) is 17.2 Å². The molecule has 6 heteroatoms. The molecule has 0 aliphatic carbocycles. The zero-order valence-electron chi connectivity index (χ0n) is 14.1. The highest BCUT2D eigenvalue weighted by Gasteiger charge is 2.14. The topological polar surface area (TPSA) is 80.3 Å². The molecule has 126 valence electrons. The highest BCUT2D eigenvalue weighted by atomic mass is 16.5. The summed E-state index contributed by atoms with van der Waals surface area (Å²) in [5, 5.41) is 5.64. The van der Waals surface area contributed by atoms with Crippen LogP contribution in [0.2, 0.25) is 0 Å². The van der Waals surface area contributed by atoms with E-state index >= 15 is 0 Å². The van der Waals surface area contributed by atoms with E-state index in [0.29, 0.717) is 35.8 Å². The molecule has 1 aromatic heterocycles. The highest BCUT2D eigenvalue weighted by molar-refractivity contribution is 6.06. The minimum atomic E-state index is -0.292. The number of nitrogens with zero attached hydrogens (tertiary/aromatic N) is 1. The zero-order chi connectivity index (χ0) is 17.5. The molecule has 2 N–H and O–H groups in total. The maximum atomic E-state index is 12.5. The number of benzene rings is 1. The number of hydrogen-bond donors (Lipinski definition) is 2. The minimum Gasteiger partial charge on any atom is -0.477 e. The van der Waals surface area contributed by atoms with E-state index in [0.717, 1.165) is 5.56 Å². The number of nitrogens with one attached hydrogen (secondary N) is 2. The molecule has 0 saturated heterocycles. The molecule has 1 aromatic carbocycles. The number of aromatic nitrogens is 1. The van der Waals surface area contributed by atoms with Crippen molar-refractivity contribution in [1.82, 2.24) is 4.98 Å². The fourth-order valence-electron chi connectivity index (χ4n) is 2.14. The minimum absolute atomic E-state index is 0.0529. The van der Waals surface area contributed by atoms with E-state index in [2.05, 4.69) is 15.6 Å². The second-order valence-corrected chi connectivity index (χ2v) is 5.17. The van der Waals surface area contributed by atoms with Crippen molar-refractivity contribution in [3.05, 3.63) is 47.7 Å². The molecule has 1 heterocycles. The van der Waals surface area contributed by atoms with Gasteiger partial charge in [0.1, 0.15) is 5.56 Å². The lowest BCUT2D eigenvalue weighted by Gasteiger charge is -2.12. The van der Waals surface area contributed by atoms with Gasteiger partial charge in [0.15, 0.2) is 0 Å². The molecule has 24 heavy (non-hydrogen) atoms. The molecule has 0 saturated carbocycles. The fourth-order valence-corrected chi connectivity index (χ4v) is 2.14. The first kappa shape index (κ1) is 17.5. The normalized spacial score (nSPS) is 10.1. The van der Waals surface area contributed by atoms with Crippen molar-refractivity contribution in [2.45, 2.75) is 27.2 Å². The van der Waals surface area contributed by atoms with Crippen LogP contribution in [0.3, 0.4) is 0 Å². The Labute approximate surface area is 141 Å². The Morgan fingerprint density at radius 1 is 1.17 bits per heavy atom. The maximum absolute atomic E-state index is 12.5. The second-order valence-electron chi connectivity index (χ2n) is 5.17. The first-order valence-corrected chi connectivity index (χ1v) is 7.84. The Morgan fingerprint density at radius 3 is 2.62 bits per heavy atom. The third-order valence-corrected chi connectivity index (χ3v) is 3.38. The molecule has 0 fully saturated rings. The van der Waals surface area contributed by atoms with E-state index in [4.69, 9.17) is 4.74 Å². The fraction of sp³-hybridized carbons (Fsp3) is 0.278. The lowest BCUT2D eigenvalue weighted by Crippen LogP contribution is -2.15. The summed E-state index contributed by atoms with van der Waals surface area (Å²) in [4.78, 5) is 28.0. The number of pyridine rings is 1. The number of anilines is 2. The van der Waals surface area contributed by atoms with Crippen LogP contribution in [-0.4, -0.2) is 23.4 Å². The molecule has 2 aromatic rings. The van der Waals surface area contributed by atoms with Crippen LogP contribution in [0, 0.1) is 6.92 Å². The van der Waals surface area contributed by atoms with E-state index in [9.17, 15) is 9.59 Å². The van der Waals surface area contributed by atoms with Crippen LogP contribution >= 0.6 is 0 Å². The third-order valence-electron chi connectivity index (χ3n) is 3.38. The number of aryl methyl sites for hydroxylation is 1. The van der Waals surface area contributed by atoms with Crippen molar-refractivity contribution in [2.24, 2.45) is 0 Å². The van der Waals surface area contributed by atoms with Crippen molar-refractivity contribution in [1.29, 1.82) is 0 Å². The molecule has 6 nitrogen and oxygen atoms in total. The quantitative estimate of drug-likeness (QED) is 0.852. The summed E-state index contributed by atoms with van der Waals surface area (Å²) in [7, 11) is 0. The molecule has 0 radical (unpaired) electrons. The van der Waals surface area contributed by atoms with Gasteiger partial charge in [-0.05, 0) is 49.7 Å². The van der Waals surface area contributed by atoms with Crippen LogP contribution < -0.4 is 15.4 Å². The van der Waals surface area contributed by atoms with Crippen molar-refractivity contribution in [3.63, 3.8) is 0 Å². The number of carbonyl (C=O) groups is 2. The summed E-state index contributed by atoms with van der Waals surface area (Å²) in [5.74, 6) is -0.0372. The summed E-state index contributed by atoms with van der Waals surface area (Å²) in [6.45, 7) is 5.93. The molecule has 0 aliphatic rings. The zero-order valence-corrected chi connectivity index (χ0v) is 14.1. The van der Waals surface area contributed by atoms with Gasteiger partial charge in [0, 0.05) is 24.0 Å². The largest absolute Gasteiger partial charge is 0.477 e. The predicted octanol–water partition coefficient (Wildman–Crippen LogP) is 3.39. The second kappa shape index (κ2) is 8.10. The van der Waals surface area contributed by atoms with E-state index in [1.165, 1.54) is 0 Å². The average molecular weight is 327 g/mol. The smallest absolute Gasteiger partial charge is 0.261 e. The van der Waals surface area contributed by atoms with Crippen molar-refractivity contribution in [3.8, 4) is 5.88 Å². The molecule has 2 rings (SSSR count). The van der Waals surface area contributed by atoms with Crippen LogP contribution in [0.5, 0.6) is 5.88 Å². The van der Waals surface area contributed by atoms with Crippen LogP contribution in [0.1, 0.15) is 36.2 Å². The Bertz CT molecular complexity index is 744. The molecule has 0 aliphatic heterocycles. The Morgan fingerprint density at radius 2 is 1.96 bits per heavy atom. The van der Waals surface area contributed by atoms with Gasteiger partial charge in [-0.2, -0.15) is 0 Å². The van der Waals surface area contributed by atoms with Gasteiger partial charge in [-0.1, -0.05) is 6.92 Å². The molecule has 0 unspecified atom stereocenters. The third kappa shape index (κ3) is 4.32. The summed E-state index contributed by atoms with van der Waals surface area (Å²) >= 11 is 0. The van der Waals surface area contributed by atoms with Gasteiger partial charge < -0.3 is 15.4 Å². The van der Waals surface area contributed by atoms with Gasteiger partial charge in [0.05, 0.1) is 6.61 Å². The summed E-state index contributed by atoms with van der Waals surface area (Å²) in [6.07, 6.45) is 2.00. The number of amides is 2. The van der Waals surface area contributed by atoms with Gasteiger partial charge in [-0.15, -0.1) is 0 Å². The molecular weight excluding hydrogens is 306 g/mol. The van der Waals surface area contributed by atoms with Crippen LogP contribution in [0.15, 0.2) is 36.5 Å². The predicted molar refractivity (Wildman–Crippen MR) is 93.5 cm³/mol. The van der Waals surface area contributed by atoms with E-state index in [1.807, 2.05) is 19.9 Å². The van der Waals surface area contributed by atoms with Gasteiger partial charge in [-0.3, -0.25) is 9.59 Å². The highest BCUT2D eigenvalue weighted by Crippen LogP contribution is 2.22. The number of rotatable bonds is 6. The molecule has 2 amide bonds. The maximum Gasteiger partial charge on any atom is 0.261 e. The first-order valence-electron chi connectivity index (χ1n) is 7.84. The first-order chi connectivity index (χ1) is 11.5. The Hall–Kier alpha value is -2.89. The number of carbonyl (C=O) groups excluding carboxylic acids is 2. The van der Waals surface area contributed by atoms with Crippen molar-refractivity contribution < 1.29 is 14.3 Å². The van der Waals surface area contributed by atoms with E-state index in [-0.39, 0.29) is 11.8 Å². The summed E-state index contributed by atoms with van der Waals surface area (Å²) < 4.78 is 5.38. The van der Waals surface area contributed by atoms with Crippen molar-refractivity contribution >= 4 is 23.2 Å². The van der Waals surface area contributed by atoms with E-state index < -0.39 is 0 Å². The van der Waals surface area contributed by atoms with Gasteiger partial charge in [-0.25, -0.2) is 4.98 Å². The summed E-state index contributed by atoms with van der Waals surface area (Å²) in [5.41, 5.74) is 2.59. The Balaban J connectivity index is 2.16. The van der Waals surface area contributed by atoms with Gasteiger partial charge in [0.25, 0.3) is 5.91 Å². The number of hydrogen-bond acceptors (Lipinski definition) is 4. The van der Waals surface area contributed by atoms with Gasteiger partial charge in [0.2, 0.25) is 11.8 Å². The number of ether oxygens (including phenoxy) is 1. The SMILES string of the molecule is CCOc1ncccc1C(=O)Nc1ccc(NC(=O)CC)cc1C. The van der Waals surface area contributed by atoms with Crippen LogP contribution in [0.25, 0.3) is 0 Å². The lowest BCUT2D eigenvalue weighted by atomic mass is 10.1. The van der Waals surface area contributed by atoms with Crippen LogP contribution in [-0.2, 0) is 4.79 Å². The van der Waals surface area contributed by atoms with E-state index in [1.54, 1.807) is 37.4 Å². The monoisotopic (exact) mass is 327 g/mol. The lowest BCUT2D eigenvalue weighted by molar-refractivity contribution is -0.115. The molecular formula is C18H21N3O3. The molecule has 0 atom stereocenters. The van der Waals surface area contributed by atoms with Gasteiger partial charge >= 0.3 is 0 Å². The molecule has 0 spiro atoms.